The molecule has 1 aromatic heterocycles. The van der Waals surface area contributed by atoms with Crippen molar-refractivity contribution < 1.29 is 0 Å². The third kappa shape index (κ3) is 4.93. The minimum atomic E-state index is 0.600. The summed E-state index contributed by atoms with van der Waals surface area (Å²) in [5, 5.41) is 6.39. The average molecular weight is 223 g/mol. The lowest BCUT2D eigenvalue weighted by Gasteiger charge is -2.07. The zero-order valence-electron chi connectivity index (χ0n) is 9.87. The fraction of sp³-hybridized carbons (Fsp3) is 0.636. The topological polar surface area (TPSA) is 75.9 Å². The standard InChI is InChI=1S/C11H21N5/c1-2-3-4-6-13-10-8-11(14-7-5-12)16-9-15-10/h8-9H,2-7,12H2,1H3,(H2,13,14,15,16). The van der Waals surface area contributed by atoms with Crippen molar-refractivity contribution in [2.45, 2.75) is 26.2 Å². The van der Waals surface area contributed by atoms with E-state index in [0.29, 0.717) is 6.54 Å². The molecule has 0 aliphatic rings. The van der Waals surface area contributed by atoms with Crippen LogP contribution in [-0.4, -0.2) is 29.6 Å². The first kappa shape index (κ1) is 12.7. The number of hydrogen-bond acceptors (Lipinski definition) is 5. The predicted molar refractivity (Wildman–Crippen MR) is 67.6 cm³/mol. The molecule has 0 aliphatic carbocycles. The van der Waals surface area contributed by atoms with Crippen molar-refractivity contribution >= 4 is 11.6 Å². The molecule has 0 spiro atoms. The van der Waals surface area contributed by atoms with E-state index in [9.17, 15) is 0 Å². The summed E-state index contributed by atoms with van der Waals surface area (Å²) in [6.07, 6.45) is 5.21. The van der Waals surface area contributed by atoms with Crippen LogP contribution in [0.25, 0.3) is 0 Å². The van der Waals surface area contributed by atoms with Crippen LogP contribution in [0.3, 0.4) is 0 Å². The third-order valence-electron chi connectivity index (χ3n) is 2.20. The van der Waals surface area contributed by atoms with Crippen molar-refractivity contribution in [2.24, 2.45) is 5.73 Å². The lowest BCUT2D eigenvalue weighted by molar-refractivity contribution is 0.742. The lowest BCUT2D eigenvalue weighted by Crippen LogP contribution is -2.14. The molecule has 5 nitrogen and oxygen atoms in total. The molecule has 0 saturated heterocycles. The molecule has 0 radical (unpaired) electrons. The Hall–Kier alpha value is -1.36. The van der Waals surface area contributed by atoms with E-state index in [1.54, 1.807) is 6.33 Å². The van der Waals surface area contributed by atoms with Gasteiger partial charge in [0.1, 0.15) is 18.0 Å². The highest BCUT2D eigenvalue weighted by Crippen LogP contribution is 2.08. The molecule has 0 atom stereocenters. The molecule has 1 aromatic rings. The van der Waals surface area contributed by atoms with Crippen molar-refractivity contribution in [2.75, 3.05) is 30.3 Å². The Kier molecular flexibility index (Phi) is 6.25. The number of hydrogen-bond donors (Lipinski definition) is 3. The lowest BCUT2D eigenvalue weighted by atomic mass is 10.2. The van der Waals surface area contributed by atoms with E-state index in [1.165, 1.54) is 19.3 Å². The van der Waals surface area contributed by atoms with Gasteiger partial charge in [0.05, 0.1) is 0 Å². The highest BCUT2D eigenvalue weighted by atomic mass is 15.1. The van der Waals surface area contributed by atoms with E-state index in [2.05, 4.69) is 27.5 Å². The van der Waals surface area contributed by atoms with Crippen LogP contribution in [-0.2, 0) is 0 Å². The molecule has 0 aliphatic heterocycles. The van der Waals surface area contributed by atoms with Gasteiger partial charge in [0, 0.05) is 25.7 Å². The molecule has 0 bridgehead atoms. The summed E-state index contributed by atoms with van der Waals surface area (Å²) in [4.78, 5) is 8.26. The summed E-state index contributed by atoms with van der Waals surface area (Å²) in [6.45, 7) is 4.48. The molecule has 16 heavy (non-hydrogen) atoms. The van der Waals surface area contributed by atoms with Crippen molar-refractivity contribution in [3.63, 3.8) is 0 Å². The molecule has 0 saturated carbocycles. The first-order valence-corrected chi connectivity index (χ1v) is 5.86. The predicted octanol–water partition coefficient (Wildman–Crippen LogP) is 1.45. The van der Waals surface area contributed by atoms with Crippen LogP contribution < -0.4 is 16.4 Å². The van der Waals surface area contributed by atoms with Gasteiger partial charge in [-0.25, -0.2) is 9.97 Å². The highest BCUT2D eigenvalue weighted by molar-refractivity contribution is 5.46. The number of nitrogens with two attached hydrogens (primary N) is 1. The van der Waals surface area contributed by atoms with Gasteiger partial charge in [-0.1, -0.05) is 19.8 Å². The molecule has 0 unspecified atom stereocenters. The summed E-state index contributed by atoms with van der Waals surface area (Å²) in [5.41, 5.74) is 5.41. The SMILES string of the molecule is CCCCCNc1cc(NCCN)ncn1. The molecule has 4 N–H and O–H groups in total. The first-order valence-electron chi connectivity index (χ1n) is 5.86. The summed E-state index contributed by atoms with van der Waals surface area (Å²) in [6, 6.07) is 1.90. The molecule has 0 aromatic carbocycles. The van der Waals surface area contributed by atoms with Gasteiger partial charge in [-0.05, 0) is 6.42 Å². The normalized spacial score (nSPS) is 10.1. The molecule has 1 heterocycles. The Morgan fingerprint density at radius 2 is 1.81 bits per heavy atom. The smallest absolute Gasteiger partial charge is 0.131 e. The largest absolute Gasteiger partial charge is 0.370 e. The summed E-state index contributed by atoms with van der Waals surface area (Å²) in [5.74, 6) is 1.68. The number of rotatable bonds is 8. The number of nitrogens with zero attached hydrogens (tertiary/aromatic N) is 2. The van der Waals surface area contributed by atoms with Gasteiger partial charge >= 0.3 is 0 Å². The highest BCUT2D eigenvalue weighted by Gasteiger charge is 1.96. The second kappa shape index (κ2) is 7.87. The van der Waals surface area contributed by atoms with E-state index in [-0.39, 0.29) is 0 Å². The minimum absolute atomic E-state index is 0.600. The van der Waals surface area contributed by atoms with Gasteiger partial charge in [0.2, 0.25) is 0 Å². The Bertz CT molecular complexity index is 289. The quantitative estimate of drug-likeness (QED) is 0.582. The van der Waals surface area contributed by atoms with Crippen LogP contribution in [0.15, 0.2) is 12.4 Å². The number of anilines is 2. The molecular formula is C11H21N5. The van der Waals surface area contributed by atoms with E-state index in [0.717, 1.165) is 24.7 Å². The molecule has 1 rings (SSSR count). The van der Waals surface area contributed by atoms with Gasteiger partial charge in [-0.15, -0.1) is 0 Å². The van der Waals surface area contributed by atoms with E-state index >= 15 is 0 Å². The van der Waals surface area contributed by atoms with Gasteiger partial charge < -0.3 is 16.4 Å². The number of aromatic nitrogens is 2. The van der Waals surface area contributed by atoms with Crippen molar-refractivity contribution in [1.82, 2.24) is 9.97 Å². The Morgan fingerprint density at radius 1 is 1.12 bits per heavy atom. The zero-order valence-corrected chi connectivity index (χ0v) is 9.87. The Morgan fingerprint density at radius 3 is 2.44 bits per heavy atom. The van der Waals surface area contributed by atoms with Gasteiger partial charge in [0.15, 0.2) is 0 Å². The average Bonchev–Trinajstić information content (AvgIpc) is 2.33. The van der Waals surface area contributed by atoms with Gasteiger partial charge in [-0.3, -0.25) is 0 Å². The van der Waals surface area contributed by atoms with E-state index in [4.69, 9.17) is 5.73 Å². The monoisotopic (exact) mass is 223 g/mol. The van der Waals surface area contributed by atoms with Crippen molar-refractivity contribution in [1.29, 1.82) is 0 Å². The fourth-order valence-electron chi connectivity index (χ4n) is 1.34. The van der Waals surface area contributed by atoms with Crippen LogP contribution in [0, 0.1) is 0 Å². The maximum atomic E-state index is 5.41. The first-order chi connectivity index (χ1) is 7.86. The van der Waals surface area contributed by atoms with Crippen LogP contribution in [0.4, 0.5) is 11.6 Å². The summed E-state index contributed by atoms with van der Waals surface area (Å²) < 4.78 is 0. The zero-order chi connectivity index (χ0) is 11.6. The molecule has 5 heteroatoms. The second-order valence-corrected chi connectivity index (χ2v) is 3.64. The van der Waals surface area contributed by atoms with Crippen LogP contribution in [0.2, 0.25) is 0 Å². The van der Waals surface area contributed by atoms with Crippen LogP contribution >= 0.6 is 0 Å². The van der Waals surface area contributed by atoms with E-state index < -0.39 is 0 Å². The molecule has 0 fully saturated rings. The molecule has 0 amide bonds. The Balaban J connectivity index is 2.35. The van der Waals surface area contributed by atoms with E-state index in [1.807, 2.05) is 6.07 Å². The van der Waals surface area contributed by atoms with Crippen LogP contribution in [0.5, 0.6) is 0 Å². The van der Waals surface area contributed by atoms with Gasteiger partial charge in [0.25, 0.3) is 0 Å². The summed E-state index contributed by atoms with van der Waals surface area (Å²) >= 11 is 0. The van der Waals surface area contributed by atoms with Gasteiger partial charge in [-0.2, -0.15) is 0 Å². The molecule has 90 valence electrons. The minimum Gasteiger partial charge on any atom is -0.370 e. The Labute approximate surface area is 96.9 Å². The number of unbranched alkanes of at least 4 members (excludes halogenated alkanes) is 2. The van der Waals surface area contributed by atoms with Crippen LogP contribution in [0.1, 0.15) is 26.2 Å². The molecular weight excluding hydrogens is 202 g/mol. The maximum absolute atomic E-state index is 5.41. The summed E-state index contributed by atoms with van der Waals surface area (Å²) in [7, 11) is 0. The number of nitrogens with one attached hydrogen (secondary N) is 2. The fourth-order valence-corrected chi connectivity index (χ4v) is 1.34. The van der Waals surface area contributed by atoms with Crippen molar-refractivity contribution in [3.05, 3.63) is 12.4 Å². The second-order valence-electron chi connectivity index (χ2n) is 3.64. The maximum Gasteiger partial charge on any atom is 0.131 e. The van der Waals surface area contributed by atoms with Crippen molar-refractivity contribution in [3.8, 4) is 0 Å². The third-order valence-corrected chi connectivity index (χ3v) is 2.20.